The molecular formula is C18H20BrNO4. The summed E-state index contributed by atoms with van der Waals surface area (Å²) >= 11 is 3.30. The summed E-state index contributed by atoms with van der Waals surface area (Å²) < 4.78 is 11.3. The van der Waals surface area contributed by atoms with Gasteiger partial charge in [0.2, 0.25) is 0 Å². The van der Waals surface area contributed by atoms with Gasteiger partial charge in [0.15, 0.2) is 11.4 Å². The lowest BCUT2D eigenvalue weighted by Crippen LogP contribution is -2.35. The molecule has 0 saturated heterocycles. The summed E-state index contributed by atoms with van der Waals surface area (Å²) in [4.78, 5) is 11.0. The quantitative estimate of drug-likeness (QED) is 0.314. The second-order valence-corrected chi connectivity index (χ2v) is 6.50. The Bertz CT molecular complexity index is 688. The van der Waals surface area contributed by atoms with Gasteiger partial charge in [-0.2, -0.15) is 4.73 Å². The van der Waals surface area contributed by atoms with Crippen LogP contribution in [0.15, 0.2) is 42.5 Å². The second kappa shape index (κ2) is 8.68. The monoisotopic (exact) mass is 393 g/mol. The molecule has 24 heavy (non-hydrogen) atoms. The van der Waals surface area contributed by atoms with Crippen molar-refractivity contribution in [3.63, 3.8) is 0 Å². The molecule has 0 bridgehead atoms. The van der Waals surface area contributed by atoms with E-state index >= 15 is 0 Å². The number of methoxy groups -OCH3 is 1. The van der Waals surface area contributed by atoms with Crippen LogP contribution in [0.3, 0.4) is 0 Å². The molecule has 1 heterocycles. The first-order valence-electron chi connectivity index (χ1n) is 7.63. The third-order valence-electron chi connectivity index (χ3n) is 3.63. The Morgan fingerprint density at radius 2 is 1.96 bits per heavy atom. The predicted molar refractivity (Wildman–Crippen MR) is 94.2 cm³/mol. The molecule has 1 aromatic heterocycles. The van der Waals surface area contributed by atoms with E-state index in [0.29, 0.717) is 30.8 Å². The Labute approximate surface area is 149 Å². The van der Waals surface area contributed by atoms with E-state index in [9.17, 15) is 10.0 Å². The van der Waals surface area contributed by atoms with Gasteiger partial charge in [-0.15, -0.1) is 0 Å². The number of alkyl halides is 1. The van der Waals surface area contributed by atoms with Gasteiger partial charge in [0.25, 0.3) is 0 Å². The molecule has 0 radical (unpaired) electrons. The Morgan fingerprint density at radius 1 is 1.25 bits per heavy atom. The van der Waals surface area contributed by atoms with Crippen LogP contribution < -0.4 is 9.47 Å². The van der Waals surface area contributed by atoms with Crippen molar-refractivity contribution in [2.24, 2.45) is 0 Å². The number of pyridine rings is 1. The highest BCUT2D eigenvalue weighted by atomic mass is 79.9. The zero-order valence-corrected chi connectivity index (χ0v) is 15.3. The second-order valence-electron chi connectivity index (χ2n) is 5.39. The maximum Gasteiger partial charge on any atom is 0.319 e. The largest absolute Gasteiger partial charge is 0.618 e. The number of aryl methyl sites for hydroxylation is 1. The van der Waals surface area contributed by atoms with E-state index in [-0.39, 0.29) is 10.8 Å². The van der Waals surface area contributed by atoms with Crippen LogP contribution in [0.4, 0.5) is 0 Å². The maximum atomic E-state index is 11.9. The van der Waals surface area contributed by atoms with Crippen LogP contribution in [-0.2, 0) is 22.4 Å². The van der Waals surface area contributed by atoms with E-state index in [4.69, 9.17) is 4.74 Å². The summed E-state index contributed by atoms with van der Waals surface area (Å²) in [6.45, 7) is 2.20. The molecule has 1 atom stereocenters. The number of hydrogen-bond donors (Lipinski definition) is 0. The molecule has 0 amide bonds. The Balaban J connectivity index is 1.86. The Kier molecular flexibility index (Phi) is 6.61. The number of carbonyl (C=O) groups is 1. The lowest BCUT2D eigenvalue weighted by Gasteiger charge is -2.10. The van der Waals surface area contributed by atoms with Gasteiger partial charge < -0.3 is 14.7 Å². The van der Waals surface area contributed by atoms with E-state index in [0.717, 1.165) is 16.0 Å². The zero-order chi connectivity index (χ0) is 17.5. The standard InChI is InChI=1S/C18H20BrNO4/c1-13-4-3-5-15(20(13)22)10-11-24-16-8-6-14(7-9-16)12-17(19)18(21)23-2/h3-9,17H,10-12H2,1-2H3. The minimum Gasteiger partial charge on any atom is -0.618 e. The number of rotatable bonds is 7. The number of halogens is 1. The van der Waals surface area contributed by atoms with Gasteiger partial charge in [-0.3, -0.25) is 4.79 Å². The molecule has 1 aromatic carbocycles. The molecule has 6 heteroatoms. The normalized spacial score (nSPS) is 11.8. The average molecular weight is 394 g/mol. The SMILES string of the molecule is COC(=O)C(Br)Cc1ccc(OCCc2cccc(C)[n+]2[O-])cc1. The van der Waals surface area contributed by atoms with Crippen LogP contribution in [0.1, 0.15) is 17.0 Å². The molecule has 1 unspecified atom stereocenters. The average Bonchev–Trinajstić information content (AvgIpc) is 2.59. The fraction of sp³-hybridized carbons (Fsp3) is 0.333. The summed E-state index contributed by atoms with van der Waals surface area (Å²) in [5.74, 6) is 0.437. The van der Waals surface area contributed by atoms with E-state index in [2.05, 4.69) is 20.7 Å². The van der Waals surface area contributed by atoms with Crippen molar-refractivity contribution in [2.75, 3.05) is 13.7 Å². The number of hydrogen-bond acceptors (Lipinski definition) is 4. The van der Waals surface area contributed by atoms with E-state index in [1.54, 1.807) is 19.1 Å². The third-order valence-corrected chi connectivity index (χ3v) is 4.33. The van der Waals surface area contributed by atoms with Crippen molar-refractivity contribution < 1.29 is 19.0 Å². The van der Waals surface area contributed by atoms with E-state index in [1.165, 1.54) is 7.11 Å². The van der Waals surface area contributed by atoms with Crippen LogP contribution >= 0.6 is 15.9 Å². The first-order valence-corrected chi connectivity index (χ1v) is 8.54. The molecule has 0 spiro atoms. The molecule has 0 fully saturated rings. The summed E-state index contributed by atoms with van der Waals surface area (Å²) in [5.41, 5.74) is 2.37. The van der Waals surface area contributed by atoms with Gasteiger partial charge in [-0.05, 0) is 30.2 Å². The van der Waals surface area contributed by atoms with Crippen LogP contribution in [0.2, 0.25) is 0 Å². The number of benzene rings is 1. The molecule has 0 aliphatic heterocycles. The van der Waals surface area contributed by atoms with Crippen molar-refractivity contribution in [2.45, 2.75) is 24.6 Å². The molecule has 0 aliphatic rings. The van der Waals surface area contributed by atoms with Gasteiger partial charge in [0, 0.05) is 19.1 Å². The number of carbonyl (C=O) groups excluding carboxylic acids is 1. The maximum absolute atomic E-state index is 11.9. The minimum absolute atomic E-state index is 0.292. The minimum atomic E-state index is -0.358. The first-order chi connectivity index (χ1) is 11.5. The van der Waals surface area contributed by atoms with E-state index < -0.39 is 0 Å². The topological polar surface area (TPSA) is 62.5 Å². The molecule has 0 saturated carbocycles. The third kappa shape index (κ3) is 4.96. The van der Waals surface area contributed by atoms with Crippen molar-refractivity contribution in [1.29, 1.82) is 0 Å². The van der Waals surface area contributed by atoms with E-state index in [1.807, 2.05) is 30.3 Å². The fourth-order valence-corrected chi connectivity index (χ4v) is 2.82. The van der Waals surface area contributed by atoms with Crippen molar-refractivity contribution >= 4 is 21.9 Å². The van der Waals surface area contributed by atoms with Crippen LogP contribution in [0, 0.1) is 12.1 Å². The Hall–Kier alpha value is -2.08. The van der Waals surface area contributed by atoms with Gasteiger partial charge in [0.05, 0.1) is 20.1 Å². The van der Waals surface area contributed by atoms with Gasteiger partial charge in [0.1, 0.15) is 10.6 Å². The molecule has 2 aromatic rings. The van der Waals surface area contributed by atoms with Crippen LogP contribution in [0.25, 0.3) is 0 Å². The number of aromatic nitrogens is 1. The number of esters is 1. The molecule has 128 valence electrons. The first kappa shape index (κ1) is 18.3. The van der Waals surface area contributed by atoms with Crippen LogP contribution in [-0.4, -0.2) is 24.5 Å². The van der Waals surface area contributed by atoms with Crippen molar-refractivity contribution in [3.8, 4) is 5.75 Å². The molecule has 5 nitrogen and oxygen atoms in total. The lowest BCUT2D eigenvalue weighted by atomic mass is 10.1. The highest BCUT2D eigenvalue weighted by Gasteiger charge is 2.15. The lowest BCUT2D eigenvalue weighted by molar-refractivity contribution is -0.620. The number of ether oxygens (including phenoxy) is 2. The molecule has 0 aliphatic carbocycles. The van der Waals surface area contributed by atoms with Gasteiger partial charge in [-0.25, -0.2) is 0 Å². The highest BCUT2D eigenvalue weighted by molar-refractivity contribution is 9.10. The smallest absolute Gasteiger partial charge is 0.319 e. The summed E-state index contributed by atoms with van der Waals surface area (Å²) in [5, 5.41) is 11.9. The zero-order valence-electron chi connectivity index (χ0n) is 13.7. The molecular weight excluding hydrogens is 374 g/mol. The predicted octanol–water partition coefficient (Wildman–Crippen LogP) is 2.73. The van der Waals surface area contributed by atoms with Crippen molar-refractivity contribution in [3.05, 3.63) is 64.6 Å². The Morgan fingerprint density at radius 3 is 2.62 bits per heavy atom. The summed E-state index contributed by atoms with van der Waals surface area (Å²) in [7, 11) is 1.37. The summed E-state index contributed by atoms with van der Waals surface area (Å²) in [6.07, 6.45) is 1.09. The highest BCUT2D eigenvalue weighted by Crippen LogP contribution is 2.16. The van der Waals surface area contributed by atoms with Gasteiger partial charge >= 0.3 is 5.97 Å². The van der Waals surface area contributed by atoms with Gasteiger partial charge in [-0.1, -0.05) is 28.1 Å². The fourth-order valence-electron chi connectivity index (χ4n) is 2.26. The molecule has 2 rings (SSSR count). The van der Waals surface area contributed by atoms with Crippen LogP contribution in [0.5, 0.6) is 5.75 Å². The summed E-state index contributed by atoms with van der Waals surface area (Å²) in [6, 6.07) is 13.0. The molecule has 0 N–H and O–H groups in total. The van der Waals surface area contributed by atoms with Crippen molar-refractivity contribution in [1.82, 2.24) is 0 Å². The number of nitrogens with zero attached hydrogens (tertiary/aromatic N) is 1.